The molecule has 5 rings (SSSR count). The number of carbonyl (C=O) groups excluding carboxylic acids is 3. The zero-order valence-corrected chi connectivity index (χ0v) is 19.9. The Kier molecular flexibility index (Phi) is 5.76. The molecule has 2 heterocycles. The van der Waals surface area contributed by atoms with Gasteiger partial charge in [-0.1, -0.05) is 42.5 Å². The smallest absolute Gasteiger partial charge is 0.262 e. The third kappa shape index (κ3) is 3.64. The predicted octanol–water partition coefficient (Wildman–Crippen LogP) is 3.86. The van der Waals surface area contributed by atoms with E-state index in [1.54, 1.807) is 50.3 Å². The number of rotatable bonds is 5. The van der Waals surface area contributed by atoms with Gasteiger partial charge in [0.15, 0.2) is 11.5 Å². The highest BCUT2D eigenvalue weighted by atomic mass is 16.5. The number of nitrogens with zero attached hydrogens (tertiary/aromatic N) is 2. The molecular formula is C28H26N2O5. The normalized spacial score (nSPS) is 17.6. The van der Waals surface area contributed by atoms with Gasteiger partial charge in [0.2, 0.25) is 5.91 Å². The Morgan fingerprint density at radius 3 is 2.06 bits per heavy atom. The number of benzene rings is 3. The maximum absolute atomic E-state index is 13.9. The highest BCUT2D eigenvalue weighted by Crippen LogP contribution is 2.41. The van der Waals surface area contributed by atoms with Gasteiger partial charge in [-0.15, -0.1) is 0 Å². The first kappa shape index (κ1) is 22.7. The number of imide groups is 1. The maximum Gasteiger partial charge on any atom is 0.262 e. The number of fused-ring (bicyclic) bond motifs is 2. The van der Waals surface area contributed by atoms with E-state index in [1.807, 2.05) is 42.5 Å². The van der Waals surface area contributed by atoms with Crippen LogP contribution >= 0.6 is 0 Å². The number of hydrogen-bond acceptors (Lipinski definition) is 5. The molecule has 7 heteroatoms. The van der Waals surface area contributed by atoms with Gasteiger partial charge in [0.1, 0.15) is 6.04 Å². The lowest BCUT2D eigenvalue weighted by Crippen LogP contribution is -2.52. The van der Waals surface area contributed by atoms with Gasteiger partial charge in [-0.05, 0) is 54.3 Å². The molecule has 0 fully saturated rings. The van der Waals surface area contributed by atoms with E-state index in [0.717, 1.165) is 21.6 Å². The molecule has 0 spiro atoms. The van der Waals surface area contributed by atoms with Crippen molar-refractivity contribution in [2.75, 3.05) is 20.8 Å². The SMILES string of the molecule is COc1cc2c(cc1OC)C(c1ccccc1)N(C(=O)C(C)N1C(=O)c3ccccc3C1=O)CC2. The summed E-state index contributed by atoms with van der Waals surface area (Å²) in [6.07, 6.45) is 0.611. The number of hydrogen-bond donors (Lipinski definition) is 0. The van der Waals surface area contributed by atoms with Crippen molar-refractivity contribution in [2.24, 2.45) is 0 Å². The van der Waals surface area contributed by atoms with E-state index >= 15 is 0 Å². The third-order valence-corrected chi connectivity index (χ3v) is 6.84. The van der Waals surface area contributed by atoms with E-state index in [1.165, 1.54) is 0 Å². The molecule has 3 aromatic rings. The average molecular weight is 471 g/mol. The number of amides is 3. The molecule has 2 unspecified atom stereocenters. The lowest BCUT2D eigenvalue weighted by Gasteiger charge is -2.40. The monoisotopic (exact) mass is 470 g/mol. The molecule has 35 heavy (non-hydrogen) atoms. The van der Waals surface area contributed by atoms with Crippen molar-refractivity contribution in [3.63, 3.8) is 0 Å². The Bertz CT molecular complexity index is 1290. The van der Waals surface area contributed by atoms with Crippen molar-refractivity contribution in [3.05, 3.63) is 94.5 Å². The van der Waals surface area contributed by atoms with Crippen molar-refractivity contribution < 1.29 is 23.9 Å². The van der Waals surface area contributed by atoms with Crippen molar-refractivity contribution in [1.29, 1.82) is 0 Å². The summed E-state index contributed by atoms with van der Waals surface area (Å²) in [7, 11) is 3.18. The highest BCUT2D eigenvalue weighted by molar-refractivity contribution is 6.22. The summed E-state index contributed by atoms with van der Waals surface area (Å²) in [4.78, 5) is 42.9. The summed E-state index contributed by atoms with van der Waals surface area (Å²) < 4.78 is 11.0. The van der Waals surface area contributed by atoms with Gasteiger partial charge in [-0.3, -0.25) is 19.3 Å². The van der Waals surface area contributed by atoms with E-state index in [4.69, 9.17) is 9.47 Å². The molecule has 3 amide bonds. The zero-order valence-electron chi connectivity index (χ0n) is 19.9. The van der Waals surface area contributed by atoms with E-state index in [2.05, 4.69) is 0 Å². The van der Waals surface area contributed by atoms with E-state index in [-0.39, 0.29) is 5.91 Å². The Balaban J connectivity index is 1.55. The summed E-state index contributed by atoms with van der Waals surface area (Å²) in [5, 5.41) is 0. The van der Waals surface area contributed by atoms with Crippen molar-refractivity contribution >= 4 is 17.7 Å². The fraction of sp³-hybridized carbons (Fsp3) is 0.250. The van der Waals surface area contributed by atoms with Gasteiger partial charge in [0.05, 0.1) is 31.4 Å². The Hall–Kier alpha value is -4.13. The minimum atomic E-state index is -0.949. The number of ether oxygens (including phenoxy) is 2. The standard InChI is InChI=1S/C28H26N2O5/c1-17(30-27(32)20-11-7-8-12-21(20)28(30)33)26(31)29-14-13-19-15-23(34-2)24(35-3)16-22(19)25(29)18-9-5-4-6-10-18/h4-12,15-17,25H,13-14H2,1-3H3. The molecule has 2 aliphatic rings. The van der Waals surface area contributed by atoms with Crippen LogP contribution in [0.1, 0.15) is 50.4 Å². The summed E-state index contributed by atoms with van der Waals surface area (Å²) >= 11 is 0. The van der Waals surface area contributed by atoms with Gasteiger partial charge in [0, 0.05) is 6.54 Å². The molecule has 178 valence electrons. The Labute approximate surface area is 203 Å². The molecule has 0 saturated carbocycles. The van der Waals surface area contributed by atoms with Crippen LogP contribution in [0.15, 0.2) is 66.7 Å². The maximum atomic E-state index is 13.9. The molecule has 0 aromatic heterocycles. The Morgan fingerprint density at radius 2 is 1.46 bits per heavy atom. The highest BCUT2D eigenvalue weighted by Gasteiger charge is 2.44. The summed E-state index contributed by atoms with van der Waals surface area (Å²) in [6.45, 7) is 2.06. The van der Waals surface area contributed by atoms with Crippen LogP contribution in [0.3, 0.4) is 0 Å². The van der Waals surface area contributed by atoms with Crippen LogP contribution in [0.4, 0.5) is 0 Å². The second-order valence-electron chi connectivity index (χ2n) is 8.70. The first-order valence-electron chi connectivity index (χ1n) is 11.5. The number of methoxy groups -OCH3 is 2. The third-order valence-electron chi connectivity index (χ3n) is 6.84. The molecule has 3 aromatic carbocycles. The molecule has 7 nitrogen and oxygen atoms in total. The molecule has 0 aliphatic carbocycles. The minimum Gasteiger partial charge on any atom is -0.493 e. The van der Waals surface area contributed by atoms with Gasteiger partial charge < -0.3 is 14.4 Å². The topological polar surface area (TPSA) is 76.2 Å². The Morgan fingerprint density at radius 1 is 0.886 bits per heavy atom. The first-order chi connectivity index (χ1) is 17.0. The van der Waals surface area contributed by atoms with Crippen LogP contribution in [-0.2, 0) is 11.2 Å². The largest absolute Gasteiger partial charge is 0.493 e. The van der Waals surface area contributed by atoms with Gasteiger partial charge >= 0.3 is 0 Å². The predicted molar refractivity (Wildman–Crippen MR) is 130 cm³/mol. The van der Waals surface area contributed by atoms with Gasteiger partial charge in [0.25, 0.3) is 11.8 Å². The van der Waals surface area contributed by atoms with E-state index in [9.17, 15) is 14.4 Å². The second kappa shape index (κ2) is 8.91. The quantitative estimate of drug-likeness (QED) is 0.530. The fourth-order valence-corrected chi connectivity index (χ4v) is 5.09. The average Bonchev–Trinajstić information content (AvgIpc) is 3.16. The van der Waals surface area contributed by atoms with Crippen LogP contribution < -0.4 is 9.47 Å². The zero-order chi connectivity index (χ0) is 24.7. The summed E-state index contributed by atoms with van der Waals surface area (Å²) in [6, 6.07) is 18.9. The van der Waals surface area contributed by atoms with E-state index < -0.39 is 23.9 Å². The van der Waals surface area contributed by atoms with E-state index in [0.29, 0.717) is 35.6 Å². The van der Waals surface area contributed by atoms with Crippen LogP contribution in [-0.4, -0.2) is 54.3 Å². The lowest BCUT2D eigenvalue weighted by atomic mass is 9.87. The van der Waals surface area contributed by atoms with Crippen LogP contribution in [0.25, 0.3) is 0 Å². The van der Waals surface area contributed by atoms with Crippen LogP contribution in [0.5, 0.6) is 11.5 Å². The number of carbonyl (C=O) groups is 3. The summed E-state index contributed by atoms with van der Waals surface area (Å²) in [5.41, 5.74) is 3.59. The molecule has 2 aliphatic heterocycles. The molecular weight excluding hydrogens is 444 g/mol. The minimum absolute atomic E-state index is 0.284. The van der Waals surface area contributed by atoms with Crippen molar-refractivity contribution in [1.82, 2.24) is 9.80 Å². The van der Waals surface area contributed by atoms with Crippen LogP contribution in [0.2, 0.25) is 0 Å². The first-order valence-corrected chi connectivity index (χ1v) is 11.5. The van der Waals surface area contributed by atoms with Crippen LogP contribution in [0, 0.1) is 0 Å². The summed E-state index contributed by atoms with van der Waals surface area (Å²) in [5.74, 6) is 0.0546. The van der Waals surface area contributed by atoms with Gasteiger partial charge in [-0.2, -0.15) is 0 Å². The fourth-order valence-electron chi connectivity index (χ4n) is 5.09. The molecule has 0 bridgehead atoms. The molecule has 0 saturated heterocycles. The van der Waals surface area contributed by atoms with Crippen molar-refractivity contribution in [2.45, 2.75) is 25.4 Å². The second-order valence-corrected chi connectivity index (χ2v) is 8.70. The molecule has 0 N–H and O–H groups in total. The molecule has 0 radical (unpaired) electrons. The van der Waals surface area contributed by atoms with Crippen molar-refractivity contribution in [3.8, 4) is 11.5 Å². The molecule has 2 atom stereocenters. The lowest BCUT2D eigenvalue weighted by molar-refractivity contribution is -0.137. The van der Waals surface area contributed by atoms with Gasteiger partial charge in [-0.25, -0.2) is 0 Å².